The number of anilines is 1. The Hall–Kier alpha value is -3.89. The zero-order valence-electron chi connectivity index (χ0n) is 27.0. The fourth-order valence-corrected chi connectivity index (χ4v) is 8.77. The van der Waals surface area contributed by atoms with Crippen molar-refractivity contribution in [3.63, 3.8) is 0 Å². The smallest absolute Gasteiger partial charge is 0.417 e. The summed E-state index contributed by atoms with van der Waals surface area (Å²) in [7, 11) is 0. The molecule has 0 spiro atoms. The standard InChI is InChI=1S/C37H34ClF4N5O3/c1-2-25-29(38)6-3-19-9-23(48)11-26(30(19)25)31-28(37(40,41)42)12-27-33(32(31)39)44-35(45-34(27)46-13-20-4-5-21(14-46)43-20)50-18-36(7-8-36)17-47-15-24-10-22(47)16-49-24/h1,3,6,9,11-12,20-22,24,43,48H,4-5,7-8,10,13-18H2/t20?,21?,22-,24-/m1/s1. The van der Waals surface area contributed by atoms with Crippen LogP contribution in [0.2, 0.25) is 5.02 Å². The quantitative estimate of drug-likeness (QED) is 0.166. The molecular formula is C37H34ClF4N5O3. The summed E-state index contributed by atoms with van der Waals surface area (Å²) in [5.41, 5.74) is -2.60. The highest BCUT2D eigenvalue weighted by Gasteiger charge is 2.49. The number of phenolic OH excluding ortho intramolecular Hbond substituents is 1. The number of halogens is 5. The molecule has 4 atom stereocenters. The number of rotatable bonds is 7. The van der Waals surface area contributed by atoms with E-state index in [4.69, 9.17) is 32.5 Å². The average Bonchev–Trinajstić information content (AvgIpc) is 3.33. The number of phenols is 1. The number of hydrogen-bond acceptors (Lipinski definition) is 8. The molecule has 1 aliphatic carbocycles. The third kappa shape index (κ3) is 5.41. The van der Waals surface area contributed by atoms with Gasteiger partial charge in [0, 0.05) is 66.1 Å². The van der Waals surface area contributed by atoms with E-state index in [1.165, 1.54) is 18.2 Å². The van der Waals surface area contributed by atoms with E-state index in [2.05, 4.69) is 21.1 Å². The van der Waals surface area contributed by atoms with E-state index < -0.39 is 23.1 Å². The minimum absolute atomic E-state index is 0.0684. The van der Waals surface area contributed by atoms with E-state index in [9.17, 15) is 5.11 Å². The summed E-state index contributed by atoms with van der Waals surface area (Å²) in [6.07, 6.45) is 5.86. The van der Waals surface area contributed by atoms with Crippen molar-refractivity contribution in [1.82, 2.24) is 20.2 Å². The van der Waals surface area contributed by atoms with Crippen LogP contribution < -0.4 is 15.0 Å². The Morgan fingerprint density at radius 3 is 2.56 bits per heavy atom. The number of ether oxygens (including phenoxy) is 2. The van der Waals surface area contributed by atoms with Gasteiger partial charge in [-0.1, -0.05) is 23.6 Å². The molecule has 0 radical (unpaired) electrons. The maximum Gasteiger partial charge on any atom is 0.417 e. The van der Waals surface area contributed by atoms with E-state index in [1.54, 1.807) is 0 Å². The fraction of sp³-hybridized carbons (Fsp3) is 0.459. The summed E-state index contributed by atoms with van der Waals surface area (Å²) in [5.74, 6) is 1.07. The largest absolute Gasteiger partial charge is 0.508 e. The second-order valence-corrected chi connectivity index (χ2v) is 15.0. The van der Waals surface area contributed by atoms with Crippen LogP contribution in [0.4, 0.5) is 23.4 Å². The molecule has 8 nitrogen and oxygen atoms in total. The monoisotopic (exact) mass is 707 g/mol. The molecule has 1 aromatic heterocycles. The number of hydrogen-bond donors (Lipinski definition) is 2. The lowest BCUT2D eigenvalue weighted by molar-refractivity contribution is -0.137. The number of aromatic hydroxyl groups is 1. The number of alkyl halides is 3. The molecule has 2 N–H and O–H groups in total. The first kappa shape index (κ1) is 32.0. The first-order valence-electron chi connectivity index (χ1n) is 17.0. The number of likely N-dealkylation sites (tertiary alicyclic amines) is 1. The Kier molecular flexibility index (Phi) is 7.41. The summed E-state index contributed by atoms with van der Waals surface area (Å²) in [6, 6.07) is 6.94. The normalized spacial score (nSPS) is 25.5. The van der Waals surface area contributed by atoms with Crippen LogP contribution in [0.25, 0.3) is 32.8 Å². The van der Waals surface area contributed by atoms with E-state index >= 15 is 17.6 Å². The van der Waals surface area contributed by atoms with Gasteiger partial charge in [-0.2, -0.15) is 23.1 Å². The first-order valence-corrected chi connectivity index (χ1v) is 17.4. The summed E-state index contributed by atoms with van der Waals surface area (Å²) < 4.78 is 74.5. The van der Waals surface area contributed by atoms with Crippen molar-refractivity contribution in [1.29, 1.82) is 0 Å². The molecule has 260 valence electrons. The zero-order valence-corrected chi connectivity index (χ0v) is 27.7. The third-order valence-corrected chi connectivity index (χ3v) is 11.5. The van der Waals surface area contributed by atoms with E-state index in [0.29, 0.717) is 31.1 Å². The van der Waals surface area contributed by atoms with Gasteiger partial charge in [-0.15, -0.1) is 6.42 Å². The van der Waals surface area contributed by atoms with Crippen molar-refractivity contribution in [3.8, 4) is 35.2 Å². The highest BCUT2D eigenvalue weighted by atomic mass is 35.5. The van der Waals surface area contributed by atoms with Crippen LogP contribution >= 0.6 is 11.6 Å². The molecule has 50 heavy (non-hydrogen) atoms. The Morgan fingerprint density at radius 2 is 1.90 bits per heavy atom. The molecule has 0 amide bonds. The van der Waals surface area contributed by atoms with Crippen LogP contribution in [-0.4, -0.2) is 83.6 Å². The van der Waals surface area contributed by atoms with Crippen LogP contribution in [-0.2, 0) is 10.9 Å². The van der Waals surface area contributed by atoms with Gasteiger partial charge < -0.3 is 24.8 Å². The molecule has 2 unspecified atom stereocenters. The van der Waals surface area contributed by atoms with Crippen LogP contribution in [0.5, 0.6) is 11.8 Å². The lowest BCUT2D eigenvalue weighted by atomic mass is 9.90. The minimum Gasteiger partial charge on any atom is -0.508 e. The van der Waals surface area contributed by atoms with Gasteiger partial charge in [-0.3, -0.25) is 4.90 Å². The van der Waals surface area contributed by atoms with Crippen LogP contribution in [0, 0.1) is 23.6 Å². The number of nitrogens with zero attached hydrogens (tertiary/aromatic N) is 4. The van der Waals surface area contributed by atoms with Crippen molar-refractivity contribution in [3.05, 3.63) is 52.3 Å². The number of terminal acetylenes is 1. The minimum atomic E-state index is -5.00. The SMILES string of the molecule is C#Cc1c(Cl)ccc2cc(O)cc(-c3c(C(F)(F)F)cc4c(N5CC6CCC(C5)N6)nc(OCC5(CN6C[C@H]7C[C@@H]6CO7)CC5)nc4c3F)c12. The van der Waals surface area contributed by atoms with Gasteiger partial charge in [0.2, 0.25) is 0 Å². The summed E-state index contributed by atoms with van der Waals surface area (Å²) >= 11 is 6.39. The summed E-state index contributed by atoms with van der Waals surface area (Å²) in [6.45, 7) is 3.76. The summed E-state index contributed by atoms with van der Waals surface area (Å²) in [5, 5.41) is 14.6. The third-order valence-electron chi connectivity index (χ3n) is 11.2. The highest BCUT2D eigenvalue weighted by molar-refractivity contribution is 6.33. The molecular weight excluding hydrogens is 674 g/mol. The number of morpholine rings is 1. The molecule has 3 aromatic carbocycles. The second-order valence-electron chi connectivity index (χ2n) is 14.6. The topological polar surface area (TPSA) is 83.0 Å². The molecule has 1 saturated carbocycles. The number of fused-ring (bicyclic) bond motifs is 6. The summed E-state index contributed by atoms with van der Waals surface area (Å²) in [4.78, 5) is 13.6. The maximum atomic E-state index is 17.2. The lowest BCUT2D eigenvalue weighted by Gasteiger charge is -2.34. The van der Waals surface area contributed by atoms with Crippen LogP contribution in [0.3, 0.4) is 0 Å². The zero-order chi connectivity index (χ0) is 34.5. The van der Waals surface area contributed by atoms with Crippen molar-refractivity contribution >= 4 is 39.1 Å². The fourth-order valence-electron chi connectivity index (χ4n) is 8.56. The number of nitrogens with one attached hydrogen (secondary N) is 1. The highest BCUT2D eigenvalue weighted by Crippen LogP contribution is 2.50. The number of aromatic nitrogens is 2. The Labute approximate surface area is 290 Å². The average molecular weight is 708 g/mol. The van der Waals surface area contributed by atoms with Crippen molar-refractivity contribution < 1.29 is 32.1 Å². The van der Waals surface area contributed by atoms with Gasteiger partial charge in [0.15, 0.2) is 5.82 Å². The van der Waals surface area contributed by atoms with Crippen LogP contribution in [0.1, 0.15) is 43.2 Å². The van der Waals surface area contributed by atoms with Gasteiger partial charge >= 0.3 is 12.2 Å². The van der Waals surface area contributed by atoms with Crippen molar-refractivity contribution in [2.24, 2.45) is 5.41 Å². The van der Waals surface area contributed by atoms with Gasteiger partial charge in [-0.25, -0.2) is 4.39 Å². The van der Waals surface area contributed by atoms with Gasteiger partial charge in [-0.05, 0) is 67.3 Å². The molecule has 5 fully saturated rings. The predicted molar refractivity (Wildman–Crippen MR) is 181 cm³/mol. The van der Waals surface area contributed by atoms with Gasteiger partial charge in [0.05, 0.1) is 35.5 Å². The number of piperazine rings is 1. The van der Waals surface area contributed by atoms with Crippen molar-refractivity contribution in [2.75, 3.05) is 44.3 Å². The van der Waals surface area contributed by atoms with E-state index in [1.807, 2.05) is 4.90 Å². The molecule has 4 saturated heterocycles. The predicted octanol–water partition coefficient (Wildman–Crippen LogP) is 6.52. The Balaban J connectivity index is 1.20. The molecule has 4 aromatic rings. The van der Waals surface area contributed by atoms with E-state index in [0.717, 1.165) is 63.9 Å². The molecule has 5 aliphatic rings. The van der Waals surface area contributed by atoms with Gasteiger partial charge in [0.25, 0.3) is 0 Å². The Bertz CT molecular complexity index is 2090. The molecule has 9 rings (SSSR count). The lowest BCUT2D eigenvalue weighted by Crippen LogP contribution is -2.51. The molecule has 13 heteroatoms. The van der Waals surface area contributed by atoms with Crippen molar-refractivity contribution in [2.45, 2.75) is 62.5 Å². The van der Waals surface area contributed by atoms with Gasteiger partial charge in [0.1, 0.15) is 17.1 Å². The first-order chi connectivity index (χ1) is 24.0. The van der Waals surface area contributed by atoms with E-state index in [-0.39, 0.29) is 73.6 Å². The van der Waals surface area contributed by atoms with Crippen LogP contribution in [0.15, 0.2) is 30.3 Å². The maximum absolute atomic E-state index is 17.2. The molecule has 4 bridgehead atoms. The molecule has 5 heterocycles. The number of benzene rings is 3. The Morgan fingerprint density at radius 1 is 1.12 bits per heavy atom. The second kappa shape index (κ2) is 11.6. The molecule has 4 aliphatic heterocycles.